The minimum absolute atomic E-state index is 0.00706. The summed E-state index contributed by atoms with van der Waals surface area (Å²) in [6, 6.07) is 2.32. The van der Waals surface area contributed by atoms with Crippen molar-refractivity contribution in [2.75, 3.05) is 61.2 Å². The number of amides is 1. The summed E-state index contributed by atoms with van der Waals surface area (Å²) >= 11 is 6.52. The van der Waals surface area contributed by atoms with Crippen molar-refractivity contribution in [3.05, 3.63) is 39.1 Å². The Morgan fingerprint density at radius 3 is 2.29 bits per heavy atom. The molecule has 2 aromatic rings. The lowest BCUT2D eigenvalue weighted by atomic mass is 9.77. The number of nitrogens with zero attached hydrogens (tertiary/aromatic N) is 3. The second kappa shape index (κ2) is 27.5. The quantitative estimate of drug-likeness (QED) is 0.0795. The largest absolute Gasteiger partial charge is 0.509 e. The van der Waals surface area contributed by atoms with Gasteiger partial charge in [0.25, 0.3) is 0 Å². The average Bonchev–Trinajstić information content (AvgIpc) is 1.85. The van der Waals surface area contributed by atoms with Gasteiger partial charge in [-0.1, -0.05) is 32.4 Å². The van der Waals surface area contributed by atoms with E-state index < -0.39 is 132 Å². The van der Waals surface area contributed by atoms with Crippen LogP contribution in [-0.4, -0.2) is 211 Å². The molecule has 5 aliphatic rings. The highest BCUT2D eigenvalue weighted by molar-refractivity contribution is 6.32. The monoisotopic (exact) mass is 1210 g/mol. The van der Waals surface area contributed by atoms with E-state index in [9.17, 15) is 44.1 Å². The third-order valence-electron chi connectivity index (χ3n) is 17.5. The maximum absolute atomic E-state index is 14.8. The fraction of sp³-hybridized carbons (Fsp3) is 0.763. The van der Waals surface area contributed by atoms with E-state index in [0.717, 1.165) is 12.8 Å². The molecule has 1 aromatic heterocycles. The molecule has 0 bridgehead atoms. The fourth-order valence-electron chi connectivity index (χ4n) is 12.7. The van der Waals surface area contributed by atoms with E-state index in [1.807, 2.05) is 58.6 Å². The second-order valence-electron chi connectivity index (χ2n) is 24.6. The van der Waals surface area contributed by atoms with E-state index >= 15 is 0 Å². The number of hydrogen-bond donors (Lipinski definition) is 4. The number of aromatic nitrogens is 1. The topological polar surface area (TPSA) is 288 Å². The predicted molar refractivity (Wildman–Crippen MR) is 304 cm³/mol. The first kappa shape index (κ1) is 66.8. The normalized spacial score (nSPS) is 36.4. The van der Waals surface area contributed by atoms with Gasteiger partial charge in [0, 0.05) is 56.7 Å². The van der Waals surface area contributed by atoms with Crippen LogP contribution >= 0.6 is 11.6 Å². The number of hydrogen-bond acceptors (Lipinski definition) is 21. The zero-order valence-corrected chi connectivity index (χ0v) is 51.7. The average molecular weight is 1210 g/mol. The minimum Gasteiger partial charge on any atom is -0.490 e. The lowest BCUT2D eigenvalue weighted by Crippen LogP contribution is -2.61. The molecule has 0 spiro atoms. The van der Waals surface area contributed by atoms with Crippen LogP contribution in [0.1, 0.15) is 131 Å². The molecule has 25 heteroatoms. The number of carboxylic acid groups (broad SMARTS) is 1. The lowest BCUT2D eigenvalue weighted by molar-refractivity contribution is -0.318. The molecule has 84 heavy (non-hydrogen) atoms. The van der Waals surface area contributed by atoms with Crippen molar-refractivity contribution in [1.82, 2.24) is 19.7 Å². The van der Waals surface area contributed by atoms with Crippen LogP contribution in [0.4, 0.5) is 4.79 Å². The summed E-state index contributed by atoms with van der Waals surface area (Å²) in [5, 5.41) is 37.2. The molecule has 1 saturated carbocycles. The van der Waals surface area contributed by atoms with Crippen LogP contribution in [0.5, 0.6) is 5.75 Å². The standard InChI is InChI=1S/C59H89ClN4O20/c1-15-43-59(10)51(83-56(72)84-59)34(6)63(13)28-30(2)25-57(8,73)50(82-55-48(68)41(62(11)12)22-31(3)77-55)32(4)49(33(5)54(71)79-43)81-46-26-58(9,74-14)52(35(7)78-46)80-45(66)27-61-44(65)18-19-75-20-21-76-42-23-37-40(24-39(42)60)64(36-16-17-36)29-38(47(37)67)53(69)70/h23-24,29-36,41,43,46,48-52,55,68,73H,15-22,25-28H2,1-14H3,(H,61,65)(H,69,70)/t30-,31-,32+,33-,34-,35+,41+,43-,46?,48-,49+,50-,51+,52+,55+,57-,58-,59-/m1/s1. The number of benzene rings is 1. The number of aromatic carboxylic acids is 1. The van der Waals surface area contributed by atoms with Crippen molar-refractivity contribution in [3.63, 3.8) is 0 Å². The maximum Gasteiger partial charge on any atom is 0.509 e. The van der Waals surface area contributed by atoms with E-state index in [4.69, 9.17) is 63.7 Å². The number of aliphatic hydroxyl groups is 2. The smallest absolute Gasteiger partial charge is 0.490 e. The fourth-order valence-corrected chi connectivity index (χ4v) is 13.0. The second-order valence-corrected chi connectivity index (χ2v) is 25.0. The van der Waals surface area contributed by atoms with Gasteiger partial charge >= 0.3 is 24.1 Å². The molecule has 4 saturated heterocycles. The summed E-state index contributed by atoms with van der Waals surface area (Å²) in [6.07, 6.45) is -6.84. The van der Waals surface area contributed by atoms with Gasteiger partial charge in [0.1, 0.15) is 42.3 Å². The molecule has 1 amide bonds. The number of likely N-dealkylation sites (N-methyl/N-ethyl adjacent to an activating group) is 2. The minimum atomic E-state index is -1.66. The molecule has 5 fully saturated rings. The Morgan fingerprint density at radius 1 is 0.940 bits per heavy atom. The molecule has 4 aliphatic heterocycles. The predicted octanol–water partition coefficient (Wildman–Crippen LogP) is 5.24. The molecule has 1 unspecified atom stereocenters. The number of cyclic esters (lactones) is 1. The number of aliphatic hydroxyl groups excluding tert-OH is 1. The molecule has 4 N–H and O–H groups in total. The number of fused-ring (bicyclic) bond motifs is 2. The van der Waals surface area contributed by atoms with E-state index in [0.29, 0.717) is 18.5 Å². The van der Waals surface area contributed by atoms with Gasteiger partial charge in [0.2, 0.25) is 11.3 Å². The zero-order chi connectivity index (χ0) is 61.9. The van der Waals surface area contributed by atoms with Gasteiger partial charge < -0.3 is 82.2 Å². The molecule has 1 aromatic carbocycles. The van der Waals surface area contributed by atoms with Crippen LogP contribution in [-0.2, 0) is 61.8 Å². The van der Waals surface area contributed by atoms with Crippen LogP contribution in [0.3, 0.4) is 0 Å². The van der Waals surface area contributed by atoms with Crippen LogP contribution in [0.15, 0.2) is 23.1 Å². The molecular formula is C59H89ClN4O20. The number of carboxylic acids is 1. The summed E-state index contributed by atoms with van der Waals surface area (Å²) in [5.74, 6) is -5.35. The Bertz CT molecular complexity index is 2730. The summed E-state index contributed by atoms with van der Waals surface area (Å²) < 4.78 is 69.8. The number of nitrogens with one attached hydrogen (secondary N) is 1. The highest BCUT2D eigenvalue weighted by Gasteiger charge is 2.59. The van der Waals surface area contributed by atoms with Crippen LogP contribution < -0.4 is 15.5 Å². The van der Waals surface area contributed by atoms with Gasteiger partial charge in [0.05, 0.1) is 65.1 Å². The van der Waals surface area contributed by atoms with Gasteiger partial charge in [-0.2, -0.15) is 0 Å². The first-order chi connectivity index (χ1) is 39.4. The molecular weight excluding hydrogens is 1120 g/mol. The number of rotatable bonds is 19. The number of carbonyl (C=O) groups is 5. The number of esters is 2. The van der Waals surface area contributed by atoms with Crippen molar-refractivity contribution in [2.24, 2.45) is 17.8 Å². The lowest BCUT2D eigenvalue weighted by Gasteiger charge is -2.49. The number of ether oxygens (including phenoxy) is 11. The van der Waals surface area contributed by atoms with Gasteiger partial charge in [-0.25, -0.2) is 9.59 Å². The first-order valence-corrected chi connectivity index (χ1v) is 29.6. The van der Waals surface area contributed by atoms with Crippen molar-refractivity contribution < 1.29 is 91.4 Å². The van der Waals surface area contributed by atoms with Gasteiger partial charge in [-0.3, -0.25) is 24.1 Å². The van der Waals surface area contributed by atoms with E-state index in [1.54, 1.807) is 52.2 Å². The van der Waals surface area contributed by atoms with Crippen LogP contribution in [0, 0.1) is 17.8 Å². The summed E-state index contributed by atoms with van der Waals surface area (Å²) in [7, 11) is 7.06. The molecule has 1 aliphatic carbocycles. The molecule has 18 atom stereocenters. The summed E-state index contributed by atoms with van der Waals surface area (Å²) in [4.78, 5) is 82.9. The zero-order valence-electron chi connectivity index (χ0n) is 51.0. The first-order valence-electron chi connectivity index (χ1n) is 29.3. The Morgan fingerprint density at radius 2 is 1.64 bits per heavy atom. The van der Waals surface area contributed by atoms with Gasteiger partial charge in [-0.15, -0.1) is 0 Å². The van der Waals surface area contributed by atoms with Crippen LogP contribution in [0.2, 0.25) is 5.02 Å². The van der Waals surface area contributed by atoms with E-state index in [2.05, 4.69) is 5.32 Å². The molecule has 472 valence electrons. The molecule has 24 nitrogen and oxygen atoms in total. The van der Waals surface area contributed by atoms with Crippen molar-refractivity contribution in [1.29, 1.82) is 0 Å². The Kier molecular flexibility index (Phi) is 21.9. The van der Waals surface area contributed by atoms with Crippen LogP contribution in [0.25, 0.3) is 10.9 Å². The maximum atomic E-state index is 14.8. The van der Waals surface area contributed by atoms with E-state index in [-0.39, 0.29) is 91.3 Å². The number of halogens is 1. The van der Waals surface area contributed by atoms with Crippen molar-refractivity contribution >= 4 is 52.5 Å². The van der Waals surface area contributed by atoms with Crippen molar-refractivity contribution in [2.45, 2.75) is 211 Å². The van der Waals surface area contributed by atoms with E-state index in [1.165, 1.54) is 19.4 Å². The molecule has 0 radical (unpaired) electrons. The highest BCUT2D eigenvalue weighted by Crippen LogP contribution is 2.43. The Labute approximate surface area is 496 Å². The van der Waals surface area contributed by atoms with Gasteiger partial charge in [-0.05, 0) is 120 Å². The summed E-state index contributed by atoms with van der Waals surface area (Å²) in [5.41, 5.74) is -4.80. The number of pyridine rings is 1. The third-order valence-corrected chi connectivity index (χ3v) is 17.8. The SMILES string of the molecule is CC[C@H]1OC(=O)[C@H](C)[C@@H](OC2C[C@@](C)(OC)[C@@H](OC(=O)CNC(=O)CCOCCOc3cc4c(=O)c(C(=O)O)cn(C5CC5)c4cc3Cl)[C@H](C)O2)[C@H](C)[C@@H](O[C@@H]2O[C@H](C)C[C@H](N(C)C)[C@H]2O)[C@](C)(O)C[C@@H](C)CN(C)[C@H](C)[C@@H]2OC(=O)O[C@]12C. The third kappa shape index (κ3) is 15.1. The Hall–Kier alpha value is -4.73. The van der Waals surface area contributed by atoms with Gasteiger partial charge in [0.15, 0.2) is 30.4 Å². The number of carbonyl (C=O) groups excluding carboxylic acids is 4. The van der Waals surface area contributed by atoms with Crippen molar-refractivity contribution in [3.8, 4) is 5.75 Å². The molecule has 7 rings (SSSR count). The summed E-state index contributed by atoms with van der Waals surface area (Å²) in [6.45, 7) is 17.7. The number of methoxy groups -OCH3 is 1. The Balaban J connectivity index is 1.02. The highest BCUT2D eigenvalue weighted by atomic mass is 35.5. The molecule has 5 heterocycles.